The molecule has 0 radical (unpaired) electrons. The van der Waals surface area contributed by atoms with Crippen molar-refractivity contribution in [2.45, 2.75) is 38.1 Å². The molecule has 7 nitrogen and oxygen atoms in total. The molecule has 4 rings (SSSR count). The molecule has 2 aromatic carbocycles. The minimum atomic E-state index is -0.161. The molecule has 0 spiro atoms. The Morgan fingerprint density at radius 2 is 1.94 bits per heavy atom. The molecular weight excluding hydrogens is 394 g/mol. The second-order valence-electron chi connectivity index (χ2n) is 7.61. The van der Waals surface area contributed by atoms with E-state index in [1.807, 2.05) is 41.3 Å². The molecule has 1 aliphatic rings. The quantitative estimate of drug-likeness (QED) is 0.535. The number of likely N-dealkylation sites (tertiary alicyclic amines) is 1. The number of rotatable bonds is 8. The minimum absolute atomic E-state index is 0.143. The predicted molar refractivity (Wildman–Crippen MR) is 116 cm³/mol. The Labute approximate surface area is 182 Å². The lowest BCUT2D eigenvalue weighted by molar-refractivity contribution is -0.132. The van der Waals surface area contributed by atoms with Crippen LogP contribution in [-0.4, -0.2) is 41.7 Å². The van der Waals surface area contributed by atoms with Gasteiger partial charge in [-0.05, 0) is 49.4 Å². The fourth-order valence-electron chi connectivity index (χ4n) is 4.02. The van der Waals surface area contributed by atoms with Crippen LogP contribution in [0.1, 0.15) is 43.2 Å². The van der Waals surface area contributed by atoms with E-state index in [1.54, 1.807) is 14.2 Å². The first-order valence-corrected chi connectivity index (χ1v) is 10.6. The molecule has 162 valence electrons. The zero-order valence-electron chi connectivity index (χ0n) is 17.9. The first-order chi connectivity index (χ1) is 15.2. The summed E-state index contributed by atoms with van der Waals surface area (Å²) in [4.78, 5) is 19.3. The van der Waals surface area contributed by atoms with E-state index < -0.39 is 0 Å². The molecule has 0 unspecified atom stereocenters. The van der Waals surface area contributed by atoms with Gasteiger partial charge in [-0.2, -0.15) is 4.98 Å². The Hall–Kier alpha value is -3.35. The molecule has 0 aliphatic carbocycles. The molecule has 1 amide bonds. The van der Waals surface area contributed by atoms with Gasteiger partial charge in [0.25, 0.3) is 0 Å². The highest BCUT2D eigenvalue weighted by molar-refractivity contribution is 5.77. The Kier molecular flexibility index (Phi) is 6.50. The van der Waals surface area contributed by atoms with Crippen molar-refractivity contribution in [1.29, 1.82) is 0 Å². The highest BCUT2D eigenvalue weighted by Crippen LogP contribution is 2.35. The van der Waals surface area contributed by atoms with Crippen LogP contribution < -0.4 is 9.47 Å². The third-order valence-corrected chi connectivity index (χ3v) is 5.64. The molecule has 1 aromatic heterocycles. The zero-order valence-corrected chi connectivity index (χ0v) is 17.9. The van der Waals surface area contributed by atoms with E-state index in [4.69, 9.17) is 14.0 Å². The van der Waals surface area contributed by atoms with Crippen LogP contribution in [0.15, 0.2) is 53.1 Å². The van der Waals surface area contributed by atoms with E-state index >= 15 is 0 Å². The minimum Gasteiger partial charge on any atom is -0.493 e. The van der Waals surface area contributed by atoms with E-state index in [2.05, 4.69) is 22.3 Å². The van der Waals surface area contributed by atoms with Crippen LogP contribution in [0.25, 0.3) is 11.4 Å². The maximum atomic E-state index is 12.9. The number of aromatic nitrogens is 2. The second kappa shape index (κ2) is 9.64. The van der Waals surface area contributed by atoms with Gasteiger partial charge >= 0.3 is 0 Å². The fraction of sp³-hybridized carbons (Fsp3) is 0.375. The van der Waals surface area contributed by atoms with Crippen LogP contribution >= 0.6 is 0 Å². The molecule has 2 heterocycles. The van der Waals surface area contributed by atoms with E-state index in [0.29, 0.717) is 29.6 Å². The molecule has 1 aliphatic heterocycles. The lowest BCUT2D eigenvalue weighted by atomic mass is 10.1. The third kappa shape index (κ3) is 4.71. The van der Waals surface area contributed by atoms with Gasteiger partial charge in [0.1, 0.15) is 6.04 Å². The molecule has 0 N–H and O–H groups in total. The van der Waals surface area contributed by atoms with E-state index in [0.717, 1.165) is 37.8 Å². The van der Waals surface area contributed by atoms with Gasteiger partial charge in [-0.3, -0.25) is 4.79 Å². The van der Waals surface area contributed by atoms with Crippen molar-refractivity contribution in [3.8, 4) is 22.9 Å². The van der Waals surface area contributed by atoms with Gasteiger partial charge < -0.3 is 18.9 Å². The number of methoxy groups -OCH3 is 2. The number of nitrogens with zero attached hydrogens (tertiary/aromatic N) is 3. The summed E-state index contributed by atoms with van der Waals surface area (Å²) in [6.07, 6.45) is 4.01. The van der Waals surface area contributed by atoms with Crippen LogP contribution in [0.3, 0.4) is 0 Å². The van der Waals surface area contributed by atoms with Gasteiger partial charge in [0.15, 0.2) is 11.5 Å². The Morgan fingerprint density at radius 3 is 2.71 bits per heavy atom. The molecule has 1 fully saturated rings. The Morgan fingerprint density at radius 1 is 1.13 bits per heavy atom. The maximum absolute atomic E-state index is 12.9. The lowest BCUT2D eigenvalue weighted by Crippen LogP contribution is -2.30. The number of hydrogen-bond donors (Lipinski definition) is 0. The molecule has 1 saturated heterocycles. The van der Waals surface area contributed by atoms with E-state index in [-0.39, 0.29) is 11.9 Å². The van der Waals surface area contributed by atoms with Gasteiger partial charge in [-0.15, -0.1) is 0 Å². The summed E-state index contributed by atoms with van der Waals surface area (Å²) in [7, 11) is 3.18. The first kappa shape index (κ1) is 20.9. The Bertz CT molecular complexity index is 1020. The van der Waals surface area contributed by atoms with E-state index in [1.165, 1.54) is 5.56 Å². The molecule has 0 saturated carbocycles. The van der Waals surface area contributed by atoms with Crippen molar-refractivity contribution >= 4 is 5.91 Å². The van der Waals surface area contributed by atoms with Crippen LogP contribution in [0.4, 0.5) is 0 Å². The van der Waals surface area contributed by atoms with Gasteiger partial charge in [0.2, 0.25) is 17.6 Å². The van der Waals surface area contributed by atoms with Crippen LogP contribution in [-0.2, 0) is 11.2 Å². The average molecular weight is 421 g/mol. The number of carbonyl (C=O) groups excluding carboxylic acids is 1. The molecular formula is C24H27N3O4. The lowest BCUT2D eigenvalue weighted by Gasteiger charge is -2.21. The average Bonchev–Trinajstić information content (AvgIpc) is 3.49. The molecule has 0 bridgehead atoms. The van der Waals surface area contributed by atoms with Crippen molar-refractivity contribution in [3.63, 3.8) is 0 Å². The highest BCUT2D eigenvalue weighted by atomic mass is 16.5. The summed E-state index contributed by atoms with van der Waals surface area (Å²) in [6.45, 7) is 0.725. The number of benzene rings is 2. The Balaban J connectivity index is 1.42. The van der Waals surface area contributed by atoms with Crippen molar-refractivity contribution < 1.29 is 18.8 Å². The highest BCUT2D eigenvalue weighted by Gasteiger charge is 2.33. The van der Waals surface area contributed by atoms with Gasteiger partial charge in [-0.25, -0.2) is 0 Å². The van der Waals surface area contributed by atoms with Gasteiger partial charge in [-0.1, -0.05) is 35.5 Å². The smallest absolute Gasteiger partial charge is 0.249 e. The SMILES string of the molecule is COc1ccc(-c2noc([C@H]3CCCN3C(=O)CCCc3ccccc3)n2)cc1OC. The summed E-state index contributed by atoms with van der Waals surface area (Å²) in [6, 6.07) is 15.6. The van der Waals surface area contributed by atoms with Crippen LogP contribution in [0, 0.1) is 0 Å². The molecule has 1 atom stereocenters. The van der Waals surface area contributed by atoms with Crippen molar-refractivity contribution in [1.82, 2.24) is 15.0 Å². The summed E-state index contributed by atoms with van der Waals surface area (Å²) >= 11 is 0. The molecule has 31 heavy (non-hydrogen) atoms. The third-order valence-electron chi connectivity index (χ3n) is 5.64. The van der Waals surface area contributed by atoms with Gasteiger partial charge in [0, 0.05) is 18.5 Å². The van der Waals surface area contributed by atoms with Crippen molar-refractivity contribution in [2.24, 2.45) is 0 Å². The summed E-state index contributed by atoms with van der Waals surface area (Å²) in [5.74, 6) is 2.34. The fourth-order valence-corrected chi connectivity index (χ4v) is 4.02. The largest absolute Gasteiger partial charge is 0.493 e. The number of aryl methyl sites for hydroxylation is 1. The summed E-state index contributed by atoms with van der Waals surface area (Å²) in [5.41, 5.74) is 2.02. The standard InChI is InChI=1S/C24H27N3O4/c1-29-20-14-13-18(16-21(20)30-2)23-25-24(31-26-23)19-11-7-15-27(19)22(28)12-6-10-17-8-4-3-5-9-17/h3-5,8-9,13-14,16,19H,6-7,10-12,15H2,1-2H3/t19-/m1/s1. The second-order valence-corrected chi connectivity index (χ2v) is 7.61. The number of ether oxygens (including phenoxy) is 2. The first-order valence-electron chi connectivity index (χ1n) is 10.6. The van der Waals surface area contributed by atoms with Crippen LogP contribution in [0.2, 0.25) is 0 Å². The summed E-state index contributed by atoms with van der Waals surface area (Å²) in [5, 5.41) is 4.14. The topological polar surface area (TPSA) is 77.7 Å². The zero-order chi connectivity index (χ0) is 21.6. The van der Waals surface area contributed by atoms with E-state index in [9.17, 15) is 4.79 Å². The normalized spacial score (nSPS) is 15.8. The summed E-state index contributed by atoms with van der Waals surface area (Å²) < 4.78 is 16.2. The maximum Gasteiger partial charge on any atom is 0.249 e. The number of amides is 1. The van der Waals surface area contributed by atoms with Crippen molar-refractivity contribution in [3.05, 3.63) is 60.0 Å². The van der Waals surface area contributed by atoms with Crippen molar-refractivity contribution in [2.75, 3.05) is 20.8 Å². The monoisotopic (exact) mass is 421 g/mol. The number of carbonyl (C=O) groups is 1. The molecule has 7 heteroatoms. The van der Waals surface area contributed by atoms with Gasteiger partial charge in [0.05, 0.1) is 14.2 Å². The molecule has 3 aromatic rings. The predicted octanol–water partition coefficient (Wildman–Crippen LogP) is 4.44. The van der Waals surface area contributed by atoms with Crippen LogP contribution in [0.5, 0.6) is 11.5 Å². The number of hydrogen-bond acceptors (Lipinski definition) is 6.